The fourth-order valence-corrected chi connectivity index (χ4v) is 4.74. The predicted octanol–water partition coefficient (Wildman–Crippen LogP) is 1.38. The Balaban J connectivity index is 1.54. The van der Waals surface area contributed by atoms with E-state index in [1.54, 1.807) is 18.2 Å². The molecule has 3 heterocycles. The lowest BCUT2D eigenvalue weighted by atomic mass is 10.3. The van der Waals surface area contributed by atoms with Gasteiger partial charge in [0.25, 0.3) is 0 Å². The number of nitrogens with zero attached hydrogens (tertiary/aromatic N) is 3. The monoisotopic (exact) mass is 363 g/mol. The van der Waals surface area contributed by atoms with Crippen LogP contribution in [0.5, 0.6) is 0 Å². The van der Waals surface area contributed by atoms with Crippen molar-refractivity contribution >= 4 is 31.6 Å². The zero-order valence-corrected chi connectivity index (χ0v) is 14.7. The molecular formula is C15H17N5O2S2. The number of fused-ring (bicyclic) bond motifs is 2. The number of benzene rings is 1. The molecule has 24 heavy (non-hydrogen) atoms. The lowest BCUT2D eigenvalue weighted by molar-refractivity contribution is 0.473. The van der Waals surface area contributed by atoms with Gasteiger partial charge in [0.05, 0.1) is 44.6 Å². The maximum absolute atomic E-state index is 12.5. The van der Waals surface area contributed by atoms with Crippen LogP contribution in [0.15, 0.2) is 29.2 Å². The van der Waals surface area contributed by atoms with Crippen molar-refractivity contribution < 1.29 is 8.42 Å². The van der Waals surface area contributed by atoms with Gasteiger partial charge < -0.3 is 5.32 Å². The molecule has 0 atom stereocenters. The third-order valence-electron chi connectivity index (χ3n) is 3.94. The molecule has 7 nitrogen and oxygen atoms in total. The van der Waals surface area contributed by atoms with E-state index in [2.05, 4.69) is 20.1 Å². The molecule has 0 saturated carbocycles. The molecule has 0 bridgehead atoms. The summed E-state index contributed by atoms with van der Waals surface area (Å²) in [6, 6.07) is 6.94. The van der Waals surface area contributed by atoms with Gasteiger partial charge in [-0.15, -0.1) is 11.3 Å². The molecule has 126 valence electrons. The minimum Gasteiger partial charge on any atom is -0.309 e. The lowest BCUT2D eigenvalue weighted by Crippen LogP contribution is -2.28. The Labute approximate surface area is 143 Å². The summed E-state index contributed by atoms with van der Waals surface area (Å²) in [5.41, 5.74) is 2.63. The Morgan fingerprint density at radius 1 is 1.38 bits per heavy atom. The average Bonchev–Trinajstić information content (AvgIpc) is 3.13. The normalized spacial score (nSPS) is 14.9. The van der Waals surface area contributed by atoms with E-state index in [-0.39, 0.29) is 11.4 Å². The highest BCUT2D eigenvalue weighted by Gasteiger charge is 2.17. The fraction of sp³-hybridized carbons (Fsp3) is 0.333. The molecule has 2 aromatic heterocycles. The third-order valence-corrected chi connectivity index (χ3v) is 6.27. The summed E-state index contributed by atoms with van der Waals surface area (Å²) in [5, 5.41) is 8.63. The number of hydrogen-bond acceptors (Lipinski definition) is 6. The summed E-state index contributed by atoms with van der Waals surface area (Å²) in [7, 11) is -3.58. The van der Waals surface area contributed by atoms with Crippen LogP contribution < -0.4 is 10.0 Å². The molecule has 0 radical (unpaired) electrons. The van der Waals surface area contributed by atoms with Gasteiger partial charge in [0.15, 0.2) is 0 Å². The zero-order valence-electron chi connectivity index (χ0n) is 13.1. The maximum atomic E-state index is 12.5. The Hall–Kier alpha value is -1.81. The van der Waals surface area contributed by atoms with Gasteiger partial charge in [-0.2, -0.15) is 5.10 Å². The SMILES string of the molecule is Cc1nc2ccc(S(=O)(=O)NCc3cc4n(n3)CCNC4)cc2s1. The van der Waals surface area contributed by atoms with E-state index in [0.717, 1.165) is 46.2 Å². The van der Waals surface area contributed by atoms with Crippen LogP contribution in [0.3, 0.4) is 0 Å². The second kappa shape index (κ2) is 5.92. The van der Waals surface area contributed by atoms with Gasteiger partial charge in [-0.05, 0) is 31.2 Å². The van der Waals surface area contributed by atoms with E-state index in [1.807, 2.05) is 17.7 Å². The van der Waals surface area contributed by atoms with E-state index >= 15 is 0 Å². The standard InChI is InChI=1S/C15H17N5O2S2/c1-10-18-14-3-2-13(7-15(14)23-10)24(21,22)17-8-11-6-12-9-16-4-5-20(12)19-11/h2-3,6-7,16-17H,4-5,8-9H2,1H3. The Morgan fingerprint density at radius 3 is 3.08 bits per heavy atom. The van der Waals surface area contributed by atoms with Crippen molar-refractivity contribution in [3.05, 3.63) is 40.7 Å². The van der Waals surface area contributed by atoms with Gasteiger partial charge in [-0.3, -0.25) is 4.68 Å². The molecule has 9 heteroatoms. The van der Waals surface area contributed by atoms with Crippen LogP contribution >= 0.6 is 11.3 Å². The van der Waals surface area contributed by atoms with Crippen LogP contribution in [0.4, 0.5) is 0 Å². The summed E-state index contributed by atoms with van der Waals surface area (Å²) < 4.78 is 30.5. The van der Waals surface area contributed by atoms with Crippen LogP contribution in [-0.2, 0) is 29.7 Å². The number of thiazole rings is 1. The maximum Gasteiger partial charge on any atom is 0.240 e. The summed E-state index contributed by atoms with van der Waals surface area (Å²) in [5.74, 6) is 0. The summed E-state index contributed by atoms with van der Waals surface area (Å²) >= 11 is 1.49. The lowest BCUT2D eigenvalue weighted by Gasteiger charge is -2.13. The first-order valence-electron chi connectivity index (χ1n) is 7.64. The smallest absolute Gasteiger partial charge is 0.240 e. The van der Waals surface area contributed by atoms with Crippen molar-refractivity contribution in [3.63, 3.8) is 0 Å². The largest absolute Gasteiger partial charge is 0.309 e. The number of aromatic nitrogens is 3. The van der Waals surface area contributed by atoms with Crippen LogP contribution in [0.25, 0.3) is 10.2 Å². The Morgan fingerprint density at radius 2 is 2.25 bits per heavy atom. The van der Waals surface area contributed by atoms with Gasteiger partial charge in [-0.25, -0.2) is 18.1 Å². The number of rotatable bonds is 4. The number of sulfonamides is 1. The molecular weight excluding hydrogens is 346 g/mol. The third kappa shape index (κ3) is 2.95. The first kappa shape index (κ1) is 15.7. The van der Waals surface area contributed by atoms with Gasteiger partial charge in [0.1, 0.15) is 0 Å². The molecule has 0 spiro atoms. The van der Waals surface area contributed by atoms with Crippen molar-refractivity contribution in [2.75, 3.05) is 6.54 Å². The van der Waals surface area contributed by atoms with Crippen molar-refractivity contribution in [1.82, 2.24) is 24.8 Å². The molecule has 0 fully saturated rings. The molecule has 2 N–H and O–H groups in total. The molecule has 1 aromatic carbocycles. The van der Waals surface area contributed by atoms with Gasteiger partial charge >= 0.3 is 0 Å². The second-order valence-corrected chi connectivity index (χ2v) is 8.72. The second-order valence-electron chi connectivity index (χ2n) is 5.71. The average molecular weight is 363 g/mol. The van der Waals surface area contributed by atoms with Crippen molar-refractivity contribution in [2.24, 2.45) is 0 Å². The van der Waals surface area contributed by atoms with Crippen molar-refractivity contribution in [2.45, 2.75) is 31.5 Å². The van der Waals surface area contributed by atoms with Crippen LogP contribution in [-0.4, -0.2) is 29.7 Å². The summed E-state index contributed by atoms with van der Waals surface area (Å²) in [6.45, 7) is 4.55. The quantitative estimate of drug-likeness (QED) is 0.731. The highest BCUT2D eigenvalue weighted by molar-refractivity contribution is 7.89. The van der Waals surface area contributed by atoms with E-state index in [1.165, 1.54) is 11.3 Å². The molecule has 1 aliphatic heterocycles. The molecule has 0 amide bonds. The molecule has 0 aliphatic carbocycles. The zero-order chi connectivity index (χ0) is 16.7. The molecule has 0 saturated heterocycles. The summed E-state index contributed by atoms with van der Waals surface area (Å²) in [4.78, 5) is 4.61. The number of nitrogens with one attached hydrogen (secondary N) is 2. The van der Waals surface area contributed by atoms with Crippen LogP contribution in [0.1, 0.15) is 16.4 Å². The van der Waals surface area contributed by atoms with Crippen LogP contribution in [0.2, 0.25) is 0 Å². The minimum atomic E-state index is -3.58. The first-order valence-corrected chi connectivity index (χ1v) is 9.94. The Kier molecular flexibility index (Phi) is 3.87. The van der Waals surface area contributed by atoms with Gasteiger partial charge in [-0.1, -0.05) is 0 Å². The van der Waals surface area contributed by atoms with Crippen molar-refractivity contribution in [1.29, 1.82) is 0 Å². The van der Waals surface area contributed by atoms with Gasteiger partial charge in [0.2, 0.25) is 10.0 Å². The summed E-state index contributed by atoms with van der Waals surface area (Å²) in [6.07, 6.45) is 0. The molecule has 4 rings (SSSR count). The van der Waals surface area contributed by atoms with E-state index in [9.17, 15) is 8.42 Å². The van der Waals surface area contributed by atoms with E-state index in [4.69, 9.17) is 0 Å². The van der Waals surface area contributed by atoms with E-state index < -0.39 is 10.0 Å². The number of hydrogen-bond donors (Lipinski definition) is 2. The predicted molar refractivity (Wildman–Crippen MR) is 92.3 cm³/mol. The van der Waals surface area contributed by atoms with Gasteiger partial charge in [0, 0.05) is 13.1 Å². The number of aryl methyl sites for hydroxylation is 1. The fourth-order valence-electron chi connectivity index (χ4n) is 2.78. The molecule has 0 unspecified atom stereocenters. The van der Waals surface area contributed by atoms with E-state index in [0.29, 0.717) is 0 Å². The highest BCUT2D eigenvalue weighted by Crippen LogP contribution is 2.24. The molecule has 1 aliphatic rings. The first-order chi connectivity index (χ1) is 11.5. The Bertz CT molecular complexity index is 983. The van der Waals surface area contributed by atoms with Crippen molar-refractivity contribution in [3.8, 4) is 0 Å². The minimum absolute atomic E-state index is 0.183. The van der Waals surface area contributed by atoms with Crippen LogP contribution in [0, 0.1) is 6.92 Å². The molecule has 3 aromatic rings. The topological polar surface area (TPSA) is 88.9 Å². The highest BCUT2D eigenvalue weighted by atomic mass is 32.2.